The van der Waals surface area contributed by atoms with E-state index < -0.39 is 37.1 Å². The van der Waals surface area contributed by atoms with Crippen molar-refractivity contribution >= 4 is 17.7 Å². The number of ether oxygens (including phenoxy) is 1. The zero-order chi connectivity index (χ0) is 18.6. The molecule has 2 N–H and O–H groups in total. The Labute approximate surface area is 140 Å². The number of fused-ring (bicyclic) bond motifs is 1. The molecular formula is C15H16F4N2O4. The number of alkyl carbamates (subject to hydrolysis) is 1. The fourth-order valence-electron chi connectivity index (χ4n) is 2.54. The summed E-state index contributed by atoms with van der Waals surface area (Å²) in [5, 5.41) is 11.2. The normalized spacial score (nSPS) is 17.0. The van der Waals surface area contributed by atoms with E-state index in [0.717, 1.165) is 4.90 Å². The summed E-state index contributed by atoms with van der Waals surface area (Å²) >= 11 is 0. The zero-order valence-corrected chi connectivity index (χ0v) is 13.0. The standard InChI is InChI=1S/C15H16F4N2O4/c16-11-3-1-2-10-4-9(7-22)6-21(13(10)11)12(23)5-20-14(24)25-8-15(17,18)19/h1-3,9,22H,4-8H2,(H,20,24). The SMILES string of the molecule is O=C(NCC(=O)N1CC(CO)Cc2cccc(F)c21)OCC(F)(F)F. The summed E-state index contributed by atoms with van der Waals surface area (Å²) in [4.78, 5) is 24.5. The first-order chi connectivity index (χ1) is 11.7. The zero-order valence-electron chi connectivity index (χ0n) is 13.0. The highest BCUT2D eigenvalue weighted by Crippen LogP contribution is 2.32. The van der Waals surface area contributed by atoms with Crippen LogP contribution in [-0.4, -0.2) is 49.6 Å². The van der Waals surface area contributed by atoms with Crippen LogP contribution in [0.5, 0.6) is 0 Å². The first-order valence-electron chi connectivity index (χ1n) is 7.37. The highest BCUT2D eigenvalue weighted by molar-refractivity contribution is 5.97. The van der Waals surface area contributed by atoms with E-state index in [9.17, 15) is 32.3 Å². The fraction of sp³-hybridized carbons (Fsp3) is 0.467. The van der Waals surface area contributed by atoms with Crippen LogP contribution >= 0.6 is 0 Å². The van der Waals surface area contributed by atoms with E-state index in [1.807, 2.05) is 5.32 Å². The number of alkyl halides is 3. The molecule has 10 heteroatoms. The molecule has 1 atom stereocenters. The molecule has 0 spiro atoms. The molecule has 0 radical (unpaired) electrons. The van der Waals surface area contributed by atoms with Crippen LogP contribution in [0.15, 0.2) is 18.2 Å². The van der Waals surface area contributed by atoms with Gasteiger partial charge in [-0.25, -0.2) is 9.18 Å². The van der Waals surface area contributed by atoms with E-state index >= 15 is 0 Å². The van der Waals surface area contributed by atoms with Gasteiger partial charge in [0.25, 0.3) is 0 Å². The minimum absolute atomic E-state index is 0.0303. The van der Waals surface area contributed by atoms with Crippen molar-refractivity contribution in [1.82, 2.24) is 5.32 Å². The second-order valence-corrected chi connectivity index (χ2v) is 5.55. The van der Waals surface area contributed by atoms with E-state index in [2.05, 4.69) is 4.74 Å². The fourth-order valence-corrected chi connectivity index (χ4v) is 2.54. The molecule has 6 nitrogen and oxygen atoms in total. The molecular weight excluding hydrogens is 348 g/mol. The number of nitrogens with one attached hydrogen (secondary N) is 1. The summed E-state index contributed by atoms with van der Waals surface area (Å²) in [5.41, 5.74) is 0.570. The van der Waals surface area contributed by atoms with Crippen molar-refractivity contribution in [3.05, 3.63) is 29.6 Å². The molecule has 1 aliphatic rings. The van der Waals surface area contributed by atoms with Crippen molar-refractivity contribution in [2.45, 2.75) is 12.6 Å². The first-order valence-corrected chi connectivity index (χ1v) is 7.37. The van der Waals surface area contributed by atoms with Crippen LogP contribution in [0.4, 0.5) is 28.0 Å². The Morgan fingerprint density at radius 3 is 2.72 bits per heavy atom. The number of anilines is 1. The van der Waals surface area contributed by atoms with Crippen molar-refractivity contribution in [3.8, 4) is 0 Å². The summed E-state index contributed by atoms with van der Waals surface area (Å²) in [6.07, 6.45) is -5.70. The summed E-state index contributed by atoms with van der Waals surface area (Å²) in [6, 6.07) is 4.26. The van der Waals surface area contributed by atoms with Crippen LogP contribution in [0.3, 0.4) is 0 Å². The van der Waals surface area contributed by atoms with Gasteiger partial charge in [-0.2, -0.15) is 13.2 Å². The molecule has 1 aromatic carbocycles. The lowest BCUT2D eigenvalue weighted by Gasteiger charge is -2.34. The van der Waals surface area contributed by atoms with E-state index in [-0.39, 0.29) is 24.8 Å². The Morgan fingerprint density at radius 2 is 2.08 bits per heavy atom. The van der Waals surface area contributed by atoms with Gasteiger partial charge in [0.1, 0.15) is 12.4 Å². The van der Waals surface area contributed by atoms with Gasteiger partial charge in [-0.15, -0.1) is 0 Å². The average molecular weight is 364 g/mol. The molecule has 0 saturated carbocycles. The number of carbonyl (C=O) groups is 2. The maximum Gasteiger partial charge on any atom is 0.422 e. The number of halogens is 4. The molecule has 1 aliphatic heterocycles. The van der Waals surface area contributed by atoms with E-state index in [0.29, 0.717) is 12.0 Å². The molecule has 0 aliphatic carbocycles. The van der Waals surface area contributed by atoms with Crippen molar-refractivity contribution in [1.29, 1.82) is 0 Å². The molecule has 2 amide bonds. The van der Waals surface area contributed by atoms with Gasteiger partial charge in [-0.1, -0.05) is 12.1 Å². The van der Waals surface area contributed by atoms with Crippen LogP contribution in [-0.2, 0) is 16.0 Å². The lowest BCUT2D eigenvalue weighted by Crippen LogP contribution is -2.46. The second kappa shape index (κ2) is 7.68. The molecule has 0 aromatic heterocycles. The monoisotopic (exact) mass is 364 g/mol. The number of nitrogens with zero attached hydrogens (tertiary/aromatic N) is 1. The van der Waals surface area contributed by atoms with E-state index in [4.69, 9.17) is 0 Å². The van der Waals surface area contributed by atoms with Gasteiger partial charge >= 0.3 is 12.3 Å². The lowest BCUT2D eigenvalue weighted by atomic mass is 9.92. The maximum atomic E-state index is 14.1. The summed E-state index contributed by atoms with van der Waals surface area (Å²) in [5.74, 6) is -1.68. The highest BCUT2D eigenvalue weighted by Gasteiger charge is 2.32. The van der Waals surface area contributed by atoms with Gasteiger partial charge in [0.05, 0.1) is 5.69 Å². The van der Waals surface area contributed by atoms with Crippen LogP contribution in [0.2, 0.25) is 0 Å². The van der Waals surface area contributed by atoms with Gasteiger partial charge < -0.3 is 20.1 Å². The second-order valence-electron chi connectivity index (χ2n) is 5.55. The van der Waals surface area contributed by atoms with E-state index in [1.165, 1.54) is 12.1 Å². The molecule has 0 saturated heterocycles. The topological polar surface area (TPSA) is 78.9 Å². The van der Waals surface area contributed by atoms with Crippen molar-refractivity contribution < 1.29 is 37.0 Å². The quantitative estimate of drug-likeness (QED) is 0.796. The largest absolute Gasteiger partial charge is 0.440 e. The van der Waals surface area contributed by atoms with E-state index in [1.54, 1.807) is 6.07 Å². The number of aliphatic hydroxyl groups is 1. The third-order valence-electron chi connectivity index (χ3n) is 3.60. The van der Waals surface area contributed by atoms with Crippen LogP contribution in [0.1, 0.15) is 5.56 Å². The van der Waals surface area contributed by atoms with Crippen LogP contribution in [0, 0.1) is 11.7 Å². The Kier molecular flexibility index (Phi) is 5.83. The summed E-state index contributed by atoms with van der Waals surface area (Å²) in [6.45, 7) is -2.63. The minimum atomic E-state index is -4.68. The molecule has 0 fully saturated rings. The van der Waals surface area contributed by atoms with Crippen molar-refractivity contribution in [2.24, 2.45) is 5.92 Å². The summed E-state index contributed by atoms with van der Waals surface area (Å²) in [7, 11) is 0. The van der Waals surface area contributed by atoms with Crippen molar-refractivity contribution in [2.75, 3.05) is 31.2 Å². The number of carbonyl (C=O) groups excluding carboxylic acids is 2. The predicted octanol–water partition coefficient (Wildman–Crippen LogP) is 1.61. The number of amides is 2. The molecule has 1 aromatic rings. The Balaban J connectivity index is 2.03. The molecule has 1 unspecified atom stereocenters. The van der Waals surface area contributed by atoms with Gasteiger partial charge in [0, 0.05) is 19.1 Å². The number of hydrogen-bond donors (Lipinski definition) is 2. The smallest absolute Gasteiger partial charge is 0.422 e. The highest BCUT2D eigenvalue weighted by atomic mass is 19.4. The van der Waals surface area contributed by atoms with Gasteiger partial charge in [-0.05, 0) is 18.1 Å². The Bertz CT molecular complexity index is 651. The van der Waals surface area contributed by atoms with Crippen molar-refractivity contribution in [3.63, 3.8) is 0 Å². The Morgan fingerprint density at radius 1 is 1.36 bits per heavy atom. The minimum Gasteiger partial charge on any atom is -0.440 e. The number of rotatable bonds is 4. The molecule has 138 valence electrons. The summed E-state index contributed by atoms with van der Waals surface area (Å²) < 4.78 is 53.8. The average Bonchev–Trinajstić information content (AvgIpc) is 2.56. The third kappa shape index (κ3) is 5.05. The number of benzene rings is 1. The third-order valence-corrected chi connectivity index (χ3v) is 3.60. The molecule has 1 heterocycles. The van der Waals surface area contributed by atoms with Gasteiger partial charge in [-0.3, -0.25) is 4.79 Å². The number of aliphatic hydroxyl groups excluding tert-OH is 1. The molecule has 25 heavy (non-hydrogen) atoms. The molecule has 2 rings (SSSR count). The first kappa shape index (κ1) is 19.0. The molecule has 0 bridgehead atoms. The Hall–Kier alpha value is -2.36. The number of para-hydroxylation sites is 1. The lowest BCUT2D eigenvalue weighted by molar-refractivity contribution is -0.160. The van der Waals surface area contributed by atoms with Gasteiger partial charge in [0.2, 0.25) is 5.91 Å². The predicted molar refractivity (Wildman–Crippen MR) is 78.4 cm³/mol. The van der Waals surface area contributed by atoms with Gasteiger partial charge in [0.15, 0.2) is 6.61 Å². The van der Waals surface area contributed by atoms with Crippen LogP contribution < -0.4 is 10.2 Å². The number of hydrogen-bond acceptors (Lipinski definition) is 4. The maximum absolute atomic E-state index is 14.1. The van der Waals surface area contributed by atoms with Crippen LogP contribution in [0.25, 0.3) is 0 Å².